The minimum Gasteiger partial charge on any atom is -0.387 e. The third-order valence-corrected chi connectivity index (χ3v) is 3.42. The van der Waals surface area contributed by atoms with Crippen molar-refractivity contribution in [2.45, 2.75) is 37.6 Å². The van der Waals surface area contributed by atoms with Crippen LogP contribution in [0.3, 0.4) is 0 Å². The highest BCUT2D eigenvalue weighted by atomic mass is 19.4. The number of halogens is 3. The predicted octanol–water partition coefficient (Wildman–Crippen LogP) is 2.79. The summed E-state index contributed by atoms with van der Waals surface area (Å²) in [5.41, 5.74) is -1.27. The summed E-state index contributed by atoms with van der Waals surface area (Å²) in [5, 5.41) is 10.3. The molecule has 2 atom stereocenters. The van der Waals surface area contributed by atoms with Crippen LogP contribution in [0.1, 0.15) is 24.5 Å². The van der Waals surface area contributed by atoms with Crippen LogP contribution in [-0.4, -0.2) is 23.4 Å². The Kier molecular flexibility index (Phi) is 3.38. The first-order valence-electron chi connectivity index (χ1n) is 5.81. The van der Waals surface area contributed by atoms with Crippen LogP contribution in [0.15, 0.2) is 24.3 Å². The van der Waals surface area contributed by atoms with Gasteiger partial charge in [0.05, 0.1) is 17.3 Å². The first-order valence-corrected chi connectivity index (χ1v) is 5.81. The second kappa shape index (κ2) is 4.55. The zero-order chi connectivity index (χ0) is 13.4. The molecule has 18 heavy (non-hydrogen) atoms. The van der Waals surface area contributed by atoms with E-state index in [0.29, 0.717) is 18.6 Å². The van der Waals surface area contributed by atoms with Crippen molar-refractivity contribution in [2.24, 2.45) is 0 Å². The van der Waals surface area contributed by atoms with Gasteiger partial charge in [0, 0.05) is 19.4 Å². The molecule has 2 nitrogen and oxygen atoms in total. The van der Waals surface area contributed by atoms with Gasteiger partial charge >= 0.3 is 6.18 Å². The molecule has 1 fully saturated rings. The van der Waals surface area contributed by atoms with Crippen LogP contribution >= 0.6 is 0 Å². The van der Waals surface area contributed by atoms with Gasteiger partial charge in [0.2, 0.25) is 0 Å². The van der Waals surface area contributed by atoms with E-state index < -0.39 is 17.3 Å². The average molecular weight is 260 g/mol. The molecule has 1 aliphatic heterocycles. The molecular weight excluding hydrogens is 245 g/mol. The Labute approximate surface area is 103 Å². The van der Waals surface area contributed by atoms with E-state index in [2.05, 4.69) is 0 Å². The normalized spacial score (nSPS) is 28.6. The van der Waals surface area contributed by atoms with Gasteiger partial charge in [0.25, 0.3) is 0 Å². The standard InChI is InChI=1S/C13H15F3O2/c1-9-12(17,5-6-18-9)8-10-3-2-4-11(7-10)13(14,15)16/h2-4,7,9,17H,5-6,8H2,1H3. The molecule has 1 heterocycles. The maximum atomic E-state index is 12.6. The molecule has 0 bridgehead atoms. The van der Waals surface area contributed by atoms with Gasteiger partial charge in [-0.1, -0.05) is 18.2 Å². The van der Waals surface area contributed by atoms with Crippen LogP contribution < -0.4 is 0 Å². The fourth-order valence-electron chi connectivity index (χ4n) is 2.21. The molecule has 1 aromatic rings. The van der Waals surface area contributed by atoms with E-state index in [9.17, 15) is 18.3 Å². The monoisotopic (exact) mass is 260 g/mol. The van der Waals surface area contributed by atoms with Crippen LogP contribution in [0.2, 0.25) is 0 Å². The number of hydrogen-bond donors (Lipinski definition) is 1. The number of alkyl halides is 3. The van der Waals surface area contributed by atoms with E-state index in [1.165, 1.54) is 6.07 Å². The first kappa shape index (κ1) is 13.4. The van der Waals surface area contributed by atoms with Crippen LogP contribution in [0.4, 0.5) is 13.2 Å². The van der Waals surface area contributed by atoms with E-state index in [1.54, 1.807) is 13.0 Å². The minimum atomic E-state index is -4.35. The second-order valence-corrected chi connectivity index (χ2v) is 4.74. The lowest BCUT2D eigenvalue weighted by molar-refractivity contribution is -0.137. The van der Waals surface area contributed by atoms with E-state index in [-0.39, 0.29) is 12.5 Å². The Hall–Kier alpha value is -1.07. The molecule has 0 aliphatic carbocycles. The molecule has 1 N–H and O–H groups in total. The zero-order valence-electron chi connectivity index (χ0n) is 10.00. The van der Waals surface area contributed by atoms with Crippen molar-refractivity contribution < 1.29 is 23.0 Å². The Morgan fingerprint density at radius 1 is 1.44 bits per heavy atom. The topological polar surface area (TPSA) is 29.5 Å². The molecule has 0 spiro atoms. The summed E-state index contributed by atoms with van der Waals surface area (Å²) >= 11 is 0. The third kappa shape index (κ3) is 2.67. The van der Waals surface area contributed by atoms with Crippen molar-refractivity contribution in [1.29, 1.82) is 0 Å². The van der Waals surface area contributed by atoms with Gasteiger partial charge in [-0.3, -0.25) is 0 Å². The molecule has 1 saturated heterocycles. The summed E-state index contributed by atoms with van der Waals surface area (Å²) in [5.74, 6) is 0. The third-order valence-electron chi connectivity index (χ3n) is 3.42. The van der Waals surface area contributed by atoms with Gasteiger partial charge in [-0.15, -0.1) is 0 Å². The van der Waals surface area contributed by atoms with Crippen LogP contribution in [-0.2, 0) is 17.3 Å². The zero-order valence-corrected chi connectivity index (χ0v) is 10.00. The lowest BCUT2D eigenvalue weighted by atomic mass is 9.88. The number of benzene rings is 1. The molecule has 0 saturated carbocycles. The van der Waals surface area contributed by atoms with Gasteiger partial charge in [0.1, 0.15) is 0 Å². The van der Waals surface area contributed by atoms with Crippen LogP contribution in [0.5, 0.6) is 0 Å². The number of rotatable bonds is 2. The lowest BCUT2D eigenvalue weighted by Crippen LogP contribution is -2.38. The maximum Gasteiger partial charge on any atom is 0.416 e. The molecule has 1 aromatic carbocycles. The fourth-order valence-corrected chi connectivity index (χ4v) is 2.21. The second-order valence-electron chi connectivity index (χ2n) is 4.74. The van der Waals surface area contributed by atoms with Gasteiger partial charge in [-0.2, -0.15) is 13.2 Å². The summed E-state index contributed by atoms with van der Waals surface area (Å²) in [4.78, 5) is 0. The van der Waals surface area contributed by atoms with E-state index in [4.69, 9.17) is 4.74 Å². The summed E-state index contributed by atoms with van der Waals surface area (Å²) in [6.07, 6.45) is -4.08. The average Bonchev–Trinajstić information content (AvgIpc) is 2.58. The molecule has 0 aromatic heterocycles. The number of aliphatic hydroxyl groups is 1. The highest BCUT2D eigenvalue weighted by Crippen LogP contribution is 2.33. The van der Waals surface area contributed by atoms with E-state index >= 15 is 0 Å². The quantitative estimate of drug-likeness (QED) is 0.886. The Bertz CT molecular complexity index is 430. The van der Waals surface area contributed by atoms with Crippen LogP contribution in [0.25, 0.3) is 0 Å². The van der Waals surface area contributed by atoms with E-state index in [0.717, 1.165) is 12.1 Å². The number of hydrogen-bond acceptors (Lipinski definition) is 2. The SMILES string of the molecule is CC1OCCC1(O)Cc1cccc(C(F)(F)F)c1. The van der Waals surface area contributed by atoms with Crippen molar-refractivity contribution in [3.8, 4) is 0 Å². The summed E-state index contributed by atoms with van der Waals surface area (Å²) in [6.45, 7) is 2.18. The fraction of sp³-hybridized carbons (Fsp3) is 0.538. The largest absolute Gasteiger partial charge is 0.416 e. The molecule has 100 valence electrons. The highest BCUT2D eigenvalue weighted by Gasteiger charge is 2.40. The van der Waals surface area contributed by atoms with Gasteiger partial charge in [0.15, 0.2) is 0 Å². The molecule has 2 rings (SSSR count). The van der Waals surface area contributed by atoms with Crippen molar-refractivity contribution in [2.75, 3.05) is 6.61 Å². The van der Waals surface area contributed by atoms with Crippen LogP contribution in [0, 0.1) is 0 Å². The first-order chi connectivity index (χ1) is 8.31. The predicted molar refractivity (Wildman–Crippen MR) is 60.1 cm³/mol. The molecule has 0 radical (unpaired) electrons. The lowest BCUT2D eigenvalue weighted by Gasteiger charge is -2.26. The smallest absolute Gasteiger partial charge is 0.387 e. The van der Waals surface area contributed by atoms with Gasteiger partial charge < -0.3 is 9.84 Å². The van der Waals surface area contributed by atoms with Crippen molar-refractivity contribution in [1.82, 2.24) is 0 Å². The summed E-state index contributed by atoms with van der Waals surface area (Å²) in [7, 11) is 0. The Morgan fingerprint density at radius 2 is 2.17 bits per heavy atom. The van der Waals surface area contributed by atoms with Crippen molar-refractivity contribution >= 4 is 0 Å². The summed E-state index contributed by atoms with van der Waals surface area (Å²) in [6, 6.07) is 5.07. The van der Waals surface area contributed by atoms with Crippen molar-refractivity contribution in [3.05, 3.63) is 35.4 Å². The molecule has 2 unspecified atom stereocenters. The molecule has 5 heteroatoms. The highest BCUT2D eigenvalue weighted by molar-refractivity contribution is 5.27. The van der Waals surface area contributed by atoms with Gasteiger partial charge in [-0.25, -0.2) is 0 Å². The number of ether oxygens (including phenoxy) is 1. The molecular formula is C13H15F3O2. The maximum absolute atomic E-state index is 12.6. The molecule has 0 amide bonds. The van der Waals surface area contributed by atoms with Crippen molar-refractivity contribution in [3.63, 3.8) is 0 Å². The Balaban J connectivity index is 2.20. The van der Waals surface area contributed by atoms with E-state index in [1.807, 2.05) is 0 Å². The minimum absolute atomic E-state index is 0.179. The Morgan fingerprint density at radius 3 is 2.72 bits per heavy atom. The summed E-state index contributed by atoms with van der Waals surface area (Å²) < 4.78 is 43.0. The molecule has 1 aliphatic rings. The van der Waals surface area contributed by atoms with Gasteiger partial charge in [-0.05, 0) is 18.6 Å².